The fourth-order valence-electron chi connectivity index (χ4n) is 1.59. The summed E-state index contributed by atoms with van der Waals surface area (Å²) in [6.07, 6.45) is -4.56. The van der Waals surface area contributed by atoms with Gasteiger partial charge in [-0.05, 0) is 24.6 Å². The molecule has 0 heterocycles. The lowest BCUT2D eigenvalue weighted by Gasteiger charge is -2.29. The van der Waals surface area contributed by atoms with Crippen LogP contribution in [0, 0.1) is 0 Å². The molecule has 4 nitrogen and oxygen atoms in total. The number of carbonyl (C=O) groups is 1. The molecule has 0 bridgehead atoms. The molecule has 1 aromatic rings. The van der Waals surface area contributed by atoms with E-state index < -0.39 is 30.8 Å². The summed E-state index contributed by atoms with van der Waals surface area (Å²) in [6.45, 7) is -3.43. The van der Waals surface area contributed by atoms with Crippen LogP contribution in [0.5, 0.6) is 5.75 Å². The summed E-state index contributed by atoms with van der Waals surface area (Å²) in [5, 5.41) is 1.99. The van der Waals surface area contributed by atoms with Gasteiger partial charge in [-0.2, -0.15) is 22.0 Å². The second-order valence-corrected chi connectivity index (χ2v) is 4.36. The highest BCUT2D eigenvalue weighted by Crippen LogP contribution is 2.26. The number of nitrogens with one attached hydrogen (secondary N) is 1. The highest BCUT2D eigenvalue weighted by Gasteiger charge is 2.38. The summed E-state index contributed by atoms with van der Waals surface area (Å²) in [5.41, 5.74) is 3.23. The van der Waals surface area contributed by atoms with Crippen LogP contribution in [0.15, 0.2) is 24.3 Å². The molecule has 0 aliphatic rings. The van der Waals surface area contributed by atoms with Crippen molar-refractivity contribution in [3.8, 4) is 5.75 Å². The van der Waals surface area contributed by atoms with Crippen LogP contribution >= 0.6 is 0 Å². The van der Waals surface area contributed by atoms with Crippen LogP contribution in [0.4, 0.5) is 22.0 Å². The summed E-state index contributed by atoms with van der Waals surface area (Å²) < 4.78 is 65.2. The maximum atomic E-state index is 12.3. The van der Waals surface area contributed by atoms with E-state index in [1.165, 1.54) is 18.2 Å². The quantitative estimate of drug-likeness (QED) is 0.791. The Balaban J connectivity index is 3.07. The number of rotatable bonds is 6. The van der Waals surface area contributed by atoms with Gasteiger partial charge >= 0.3 is 12.8 Å². The van der Waals surface area contributed by atoms with Gasteiger partial charge in [-0.25, -0.2) is 0 Å². The van der Waals surface area contributed by atoms with Gasteiger partial charge in [0, 0.05) is 0 Å². The Labute approximate surface area is 117 Å². The van der Waals surface area contributed by atoms with Crippen LogP contribution in [0.25, 0.3) is 0 Å². The Hall–Kier alpha value is -1.90. The van der Waals surface area contributed by atoms with Gasteiger partial charge in [-0.1, -0.05) is 12.1 Å². The lowest BCUT2D eigenvalue weighted by atomic mass is 9.91. The highest BCUT2D eigenvalue weighted by atomic mass is 19.4. The second kappa shape index (κ2) is 6.25. The van der Waals surface area contributed by atoms with Crippen molar-refractivity contribution in [3.05, 3.63) is 29.8 Å². The molecule has 118 valence electrons. The van der Waals surface area contributed by atoms with Crippen molar-refractivity contribution < 1.29 is 31.5 Å². The maximum absolute atomic E-state index is 12.3. The van der Waals surface area contributed by atoms with Crippen molar-refractivity contribution >= 4 is 5.91 Å². The van der Waals surface area contributed by atoms with Crippen molar-refractivity contribution in [2.45, 2.75) is 25.3 Å². The fourth-order valence-corrected chi connectivity index (χ4v) is 1.59. The highest BCUT2D eigenvalue weighted by molar-refractivity contribution is 5.85. The van der Waals surface area contributed by atoms with Crippen LogP contribution in [0.3, 0.4) is 0 Å². The number of primary amides is 1. The molecule has 1 amide bonds. The van der Waals surface area contributed by atoms with Gasteiger partial charge in [0.2, 0.25) is 5.91 Å². The third-order valence-corrected chi connectivity index (χ3v) is 2.77. The van der Waals surface area contributed by atoms with Crippen LogP contribution in [-0.2, 0) is 10.3 Å². The van der Waals surface area contributed by atoms with Gasteiger partial charge in [-0.15, -0.1) is 0 Å². The Bertz CT molecular complexity index is 507. The zero-order valence-corrected chi connectivity index (χ0v) is 10.9. The van der Waals surface area contributed by atoms with E-state index in [0.29, 0.717) is 0 Å². The van der Waals surface area contributed by atoms with Crippen molar-refractivity contribution in [1.29, 1.82) is 0 Å². The van der Waals surface area contributed by atoms with E-state index in [1.54, 1.807) is 0 Å². The lowest BCUT2D eigenvalue weighted by Crippen LogP contribution is -2.53. The number of alkyl halides is 5. The Kier molecular flexibility index (Phi) is 5.10. The number of hydrogen-bond acceptors (Lipinski definition) is 3. The summed E-state index contributed by atoms with van der Waals surface area (Å²) >= 11 is 0. The van der Waals surface area contributed by atoms with Crippen LogP contribution in [-0.4, -0.2) is 25.2 Å². The van der Waals surface area contributed by atoms with Crippen LogP contribution in [0.2, 0.25) is 0 Å². The van der Waals surface area contributed by atoms with E-state index in [9.17, 15) is 26.7 Å². The van der Waals surface area contributed by atoms with E-state index in [1.807, 2.05) is 5.32 Å². The van der Waals surface area contributed by atoms with Crippen molar-refractivity contribution in [2.24, 2.45) is 5.73 Å². The third-order valence-electron chi connectivity index (χ3n) is 2.77. The molecule has 1 aromatic carbocycles. The predicted octanol–water partition coefficient (Wildman–Crippen LogP) is 2.14. The predicted molar refractivity (Wildman–Crippen MR) is 63.7 cm³/mol. The molecule has 1 rings (SSSR count). The molecule has 0 aliphatic carbocycles. The SMILES string of the molecule is CC(NCC(F)(F)F)(C(N)=O)c1cccc(OC(F)F)c1. The van der Waals surface area contributed by atoms with Gasteiger partial charge in [0.05, 0.1) is 6.54 Å². The summed E-state index contributed by atoms with van der Waals surface area (Å²) in [6, 6.07) is 4.76. The zero-order chi connectivity index (χ0) is 16.3. The average molecular weight is 312 g/mol. The molecule has 0 aliphatic heterocycles. The van der Waals surface area contributed by atoms with E-state index in [0.717, 1.165) is 13.0 Å². The molecular formula is C12H13F5N2O2. The van der Waals surface area contributed by atoms with Crippen LogP contribution in [0.1, 0.15) is 12.5 Å². The molecule has 0 saturated heterocycles. The molecule has 3 N–H and O–H groups in total. The third kappa shape index (κ3) is 4.85. The molecule has 21 heavy (non-hydrogen) atoms. The number of nitrogens with two attached hydrogens (primary N) is 1. The summed E-state index contributed by atoms with van der Waals surface area (Å²) in [4.78, 5) is 11.5. The minimum absolute atomic E-state index is 0.0163. The molecule has 9 heteroatoms. The molecule has 1 atom stereocenters. The fraction of sp³-hybridized carbons (Fsp3) is 0.417. The molecular weight excluding hydrogens is 299 g/mol. The zero-order valence-electron chi connectivity index (χ0n) is 10.9. The van der Waals surface area contributed by atoms with Gasteiger partial charge in [0.1, 0.15) is 11.3 Å². The number of hydrogen-bond donors (Lipinski definition) is 2. The van der Waals surface area contributed by atoms with Gasteiger partial charge in [0.25, 0.3) is 0 Å². The first kappa shape index (κ1) is 17.2. The first-order valence-electron chi connectivity index (χ1n) is 5.71. The maximum Gasteiger partial charge on any atom is 0.401 e. The van der Waals surface area contributed by atoms with E-state index in [2.05, 4.69) is 4.74 Å². The Morgan fingerprint density at radius 1 is 1.38 bits per heavy atom. The van der Waals surface area contributed by atoms with Gasteiger partial charge < -0.3 is 10.5 Å². The number of benzene rings is 1. The second-order valence-electron chi connectivity index (χ2n) is 4.36. The minimum Gasteiger partial charge on any atom is -0.435 e. The normalized spacial score (nSPS) is 14.8. The Morgan fingerprint density at radius 3 is 2.48 bits per heavy atom. The van der Waals surface area contributed by atoms with Crippen molar-refractivity contribution in [3.63, 3.8) is 0 Å². The molecule has 0 aromatic heterocycles. The summed E-state index contributed by atoms with van der Waals surface area (Å²) in [5.74, 6) is -1.37. The molecule has 0 radical (unpaired) electrons. The van der Waals surface area contributed by atoms with Crippen LogP contribution < -0.4 is 15.8 Å². The number of ether oxygens (including phenoxy) is 1. The van der Waals surface area contributed by atoms with E-state index >= 15 is 0 Å². The smallest absolute Gasteiger partial charge is 0.401 e. The minimum atomic E-state index is -4.56. The summed E-state index contributed by atoms with van der Waals surface area (Å²) in [7, 11) is 0. The topological polar surface area (TPSA) is 64.3 Å². The van der Waals surface area contributed by atoms with E-state index in [4.69, 9.17) is 5.73 Å². The van der Waals surface area contributed by atoms with E-state index in [-0.39, 0.29) is 11.3 Å². The van der Waals surface area contributed by atoms with Crippen molar-refractivity contribution in [2.75, 3.05) is 6.54 Å². The first-order chi connectivity index (χ1) is 9.54. The largest absolute Gasteiger partial charge is 0.435 e. The number of halogens is 5. The number of carbonyl (C=O) groups excluding carboxylic acids is 1. The molecule has 0 spiro atoms. The van der Waals surface area contributed by atoms with Crippen molar-refractivity contribution in [1.82, 2.24) is 5.32 Å². The first-order valence-corrected chi connectivity index (χ1v) is 5.71. The average Bonchev–Trinajstić information content (AvgIpc) is 2.34. The number of amides is 1. The molecule has 1 unspecified atom stereocenters. The lowest BCUT2D eigenvalue weighted by molar-refractivity contribution is -0.135. The molecule has 0 saturated carbocycles. The van der Waals surface area contributed by atoms with Gasteiger partial charge in [0.15, 0.2) is 0 Å². The molecule has 0 fully saturated rings. The van der Waals surface area contributed by atoms with Gasteiger partial charge in [-0.3, -0.25) is 10.1 Å². The standard InChI is InChI=1S/C12H13F5N2O2/c1-11(9(18)20,19-6-12(15,16)17)7-3-2-4-8(5-7)21-10(13)14/h2-5,10,19H,6H2,1H3,(H2,18,20). The Morgan fingerprint density at radius 2 is 2.00 bits per heavy atom. The monoisotopic (exact) mass is 312 g/mol.